The molecule has 0 radical (unpaired) electrons. The number of sulfonamides is 1. The second-order valence-corrected chi connectivity index (χ2v) is 8.94. The quantitative estimate of drug-likeness (QED) is 0.790. The highest BCUT2D eigenvalue weighted by Crippen LogP contribution is 2.47. The van der Waals surface area contributed by atoms with E-state index in [1.165, 1.54) is 17.0 Å². The van der Waals surface area contributed by atoms with Gasteiger partial charge in [0, 0.05) is 32.2 Å². The molecule has 25 heavy (non-hydrogen) atoms. The van der Waals surface area contributed by atoms with Crippen molar-refractivity contribution in [2.45, 2.75) is 31.2 Å². The van der Waals surface area contributed by atoms with Gasteiger partial charge in [0.25, 0.3) is 0 Å². The highest BCUT2D eigenvalue weighted by Gasteiger charge is 2.44. The van der Waals surface area contributed by atoms with Crippen LogP contribution in [-0.2, 0) is 19.6 Å². The third kappa shape index (κ3) is 4.59. The van der Waals surface area contributed by atoms with Gasteiger partial charge in [-0.2, -0.15) is 0 Å². The fourth-order valence-electron chi connectivity index (χ4n) is 3.46. The Bertz CT molecular complexity index is 684. The summed E-state index contributed by atoms with van der Waals surface area (Å²) < 4.78 is 30.7. The number of nitrogens with one attached hydrogen (secondary N) is 1. The van der Waals surface area contributed by atoms with Crippen molar-refractivity contribution in [1.29, 1.82) is 0 Å². The van der Waals surface area contributed by atoms with Gasteiger partial charge in [0.1, 0.15) is 0 Å². The molecule has 1 aliphatic carbocycles. The molecule has 1 saturated carbocycles. The van der Waals surface area contributed by atoms with E-state index in [0.29, 0.717) is 31.8 Å². The maximum Gasteiger partial charge on any atom is 0.223 e. The maximum absolute atomic E-state index is 12.4. The van der Waals surface area contributed by atoms with Crippen molar-refractivity contribution in [3.63, 3.8) is 0 Å². The molecule has 7 heteroatoms. The van der Waals surface area contributed by atoms with E-state index in [9.17, 15) is 13.2 Å². The molecule has 1 amide bonds. The normalized spacial score (nSPS) is 24.8. The molecule has 1 saturated heterocycles. The Labute approximate surface area is 149 Å². The van der Waals surface area contributed by atoms with Crippen molar-refractivity contribution >= 4 is 15.9 Å². The molecule has 0 aromatic heterocycles. The van der Waals surface area contributed by atoms with Crippen LogP contribution in [0, 0.1) is 5.92 Å². The minimum atomic E-state index is -3.25. The van der Waals surface area contributed by atoms with E-state index in [-0.39, 0.29) is 30.2 Å². The summed E-state index contributed by atoms with van der Waals surface area (Å²) in [5, 5.41) is 3.11. The van der Waals surface area contributed by atoms with Crippen LogP contribution in [0.5, 0.6) is 0 Å². The first-order valence-corrected chi connectivity index (χ1v) is 10.4. The van der Waals surface area contributed by atoms with Crippen molar-refractivity contribution < 1.29 is 17.9 Å². The van der Waals surface area contributed by atoms with Crippen molar-refractivity contribution in [3.8, 4) is 0 Å². The summed E-state index contributed by atoms with van der Waals surface area (Å²) >= 11 is 0. The van der Waals surface area contributed by atoms with Crippen LogP contribution in [0.1, 0.15) is 30.7 Å². The molecular weight excluding hydrogens is 340 g/mol. The summed E-state index contributed by atoms with van der Waals surface area (Å²) in [6, 6.07) is 10.2. The molecule has 6 nitrogen and oxygen atoms in total. The number of benzene rings is 1. The zero-order chi connectivity index (χ0) is 17.9. The SMILES string of the molecule is COCCS(=O)(=O)N1CCC(NC(=O)[C@@H]2C[C@H]2c2ccccc2)CC1. The molecule has 3 rings (SSSR count). The first-order valence-electron chi connectivity index (χ1n) is 8.83. The third-order valence-corrected chi connectivity index (χ3v) is 6.93. The van der Waals surface area contributed by atoms with E-state index >= 15 is 0 Å². The Morgan fingerprint density at radius 3 is 2.56 bits per heavy atom. The number of hydrogen-bond acceptors (Lipinski definition) is 4. The summed E-state index contributed by atoms with van der Waals surface area (Å²) in [5.74, 6) is 0.512. The zero-order valence-electron chi connectivity index (χ0n) is 14.6. The number of rotatable bonds is 7. The van der Waals surface area contributed by atoms with Crippen molar-refractivity contribution in [3.05, 3.63) is 35.9 Å². The monoisotopic (exact) mass is 366 g/mol. The molecular formula is C18H26N2O4S. The minimum Gasteiger partial charge on any atom is -0.384 e. The van der Waals surface area contributed by atoms with Gasteiger partial charge in [-0.3, -0.25) is 4.79 Å². The molecule has 2 atom stereocenters. The highest BCUT2D eigenvalue weighted by molar-refractivity contribution is 7.89. The van der Waals surface area contributed by atoms with E-state index in [4.69, 9.17) is 4.74 Å². The van der Waals surface area contributed by atoms with E-state index in [1.54, 1.807) is 0 Å². The summed E-state index contributed by atoms with van der Waals surface area (Å²) in [6.45, 7) is 1.13. The second kappa shape index (κ2) is 7.85. The van der Waals surface area contributed by atoms with Crippen LogP contribution in [0.2, 0.25) is 0 Å². The van der Waals surface area contributed by atoms with E-state index in [0.717, 1.165) is 6.42 Å². The Balaban J connectivity index is 1.44. The van der Waals surface area contributed by atoms with Gasteiger partial charge in [-0.15, -0.1) is 0 Å². The fourth-order valence-corrected chi connectivity index (χ4v) is 4.86. The first kappa shape index (κ1) is 18.4. The van der Waals surface area contributed by atoms with Gasteiger partial charge in [-0.25, -0.2) is 12.7 Å². The Kier molecular flexibility index (Phi) is 5.76. The van der Waals surface area contributed by atoms with Crippen molar-refractivity contribution in [1.82, 2.24) is 9.62 Å². The molecule has 1 N–H and O–H groups in total. The Hall–Kier alpha value is -1.44. The molecule has 1 heterocycles. The third-order valence-electron chi connectivity index (χ3n) is 5.09. The van der Waals surface area contributed by atoms with Crippen LogP contribution in [0.25, 0.3) is 0 Å². The molecule has 2 aliphatic rings. The molecule has 1 aromatic rings. The summed E-state index contributed by atoms with van der Waals surface area (Å²) in [5.41, 5.74) is 1.22. The number of ether oxygens (including phenoxy) is 1. The molecule has 0 unspecified atom stereocenters. The zero-order valence-corrected chi connectivity index (χ0v) is 15.4. The maximum atomic E-state index is 12.4. The molecule has 1 aromatic carbocycles. The second-order valence-electron chi connectivity index (χ2n) is 6.85. The lowest BCUT2D eigenvalue weighted by molar-refractivity contribution is -0.123. The van der Waals surface area contributed by atoms with Crippen molar-refractivity contribution in [2.24, 2.45) is 5.92 Å². The first-order chi connectivity index (χ1) is 12.0. The van der Waals surface area contributed by atoms with Gasteiger partial charge in [0.15, 0.2) is 0 Å². The summed E-state index contributed by atoms with van der Waals surface area (Å²) in [6.07, 6.45) is 2.24. The number of nitrogens with zero attached hydrogens (tertiary/aromatic N) is 1. The molecule has 138 valence electrons. The van der Waals surface area contributed by atoms with Gasteiger partial charge in [-0.1, -0.05) is 30.3 Å². The van der Waals surface area contributed by atoms with E-state index < -0.39 is 10.0 Å². The number of methoxy groups -OCH3 is 1. The van der Waals surface area contributed by atoms with Gasteiger partial charge < -0.3 is 10.1 Å². The standard InChI is InChI=1S/C18H26N2O4S/c1-24-11-12-25(22,23)20-9-7-15(8-10-20)19-18(21)17-13-16(17)14-5-3-2-4-6-14/h2-6,15-17H,7-13H2,1H3,(H,19,21)/t16-,17+/m0/s1. The Morgan fingerprint density at radius 2 is 1.92 bits per heavy atom. The number of hydrogen-bond donors (Lipinski definition) is 1. The van der Waals surface area contributed by atoms with Crippen LogP contribution in [0.4, 0.5) is 0 Å². The minimum absolute atomic E-state index is 0.0152. The van der Waals surface area contributed by atoms with Crippen LogP contribution in [-0.4, -0.2) is 57.2 Å². The summed E-state index contributed by atoms with van der Waals surface area (Å²) in [4.78, 5) is 12.4. The predicted molar refractivity (Wildman–Crippen MR) is 95.7 cm³/mol. The topological polar surface area (TPSA) is 75.7 Å². The van der Waals surface area contributed by atoms with Gasteiger partial charge >= 0.3 is 0 Å². The van der Waals surface area contributed by atoms with E-state index in [2.05, 4.69) is 17.4 Å². The average molecular weight is 366 g/mol. The van der Waals surface area contributed by atoms with Gasteiger partial charge in [0.05, 0.1) is 12.4 Å². The molecule has 0 spiro atoms. The largest absolute Gasteiger partial charge is 0.384 e. The Morgan fingerprint density at radius 1 is 1.24 bits per heavy atom. The van der Waals surface area contributed by atoms with Crippen LogP contribution in [0.3, 0.4) is 0 Å². The highest BCUT2D eigenvalue weighted by atomic mass is 32.2. The van der Waals surface area contributed by atoms with Crippen LogP contribution < -0.4 is 5.32 Å². The average Bonchev–Trinajstić information content (AvgIpc) is 3.42. The number of piperidine rings is 1. The molecule has 2 fully saturated rings. The number of carbonyl (C=O) groups excluding carboxylic acids is 1. The smallest absolute Gasteiger partial charge is 0.223 e. The van der Waals surface area contributed by atoms with E-state index in [1.807, 2.05) is 18.2 Å². The lowest BCUT2D eigenvalue weighted by atomic mass is 10.1. The van der Waals surface area contributed by atoms with Crippen molar-refractivity contribution in [2.75, 3.05) is 32.6 Å². The fraction of sp³-hybridized carbons (Fsp3) is 0.611. The number of carbonyl (C=O) groups is 1. The molecule has 1 aliphatic heterocycles. The predicted octanol–water partition coefficient (Wildman–Crippen LogP) is 1.35. The number of amides is 1. The van der Waals surface area contributed by atoms with Gasteiger partial charge in [0.2, 0.25) is 15.9 Å². The summed E-state index contributed by atoms with van der Waals surface area (Å²) in [7, 11) is -1.75. The van der Waals surface area contributed by atoms with Crippen LogP contribution >= 0.6 is 0 Å². The molecule has 0 bridgehead atoms. The lowest BCUT2D eigenvalue weighted by Gasteiger charge is -2.31. The van der Waals surface area contributed by atoms with Gasteiger partial charge in [-0.05, 0) is 30.7 Å². The lowest BCUT2D eigenvalue weighted by Crippen LogP contribution is -2.47. The van der Waals surface area contributed by atoms with Crippen LogP contribution in [0.15, 0.2) is 30.3 Å².